The smallest absolute Gasteiger partial charge is 0.279 e. The van der Waals surface area contributed by atoms with Crippen molar-refractivity contribution in [2.75, 3.05) is 14.2 Å². The van der Waals surface area contributed by atoms with E-state index in [2.05, 4.69) is 0 Å². The summed E-state index contributed by atoms with van der Waals surface area (Å²) in [6, 6.07) is 12.7. The molecule has 8 heteroatoms. The zero-order chi connectivity index (χ0) is 20.0. The first-order valence-corrected chi connectivity index (χ1v) is 8.42. The number of allylic oxidation sites excluding steroid dienone is 1. The van der Waals surface area contributed by atoms with Gasteiger partial charge in [0.25, 0.3) is 11.1 Å². The van der Waals surface area contributed by atoms with E-state index in [1.54, 1.807) is 42.5 Å². The quantitative estimate of drug-likeness (QED) is 0.740. The molecule has 28 heavy (non-hydrogen) atoms. The fourth-order valence-electron chi connectivity index (χ4n) is 3.57. The maximum absolute atomic E-state index is 13.2. The number of rotatable bonds is 3. The van der Waals surface area contributed by atoms with Gasteiger partial charge < -0.3 is 15.2 Å². The molecule has 1 unspecified atom stereocenters. The lowest BCUT2D eigenvalue weighted by atomic mass is 10.00. The Bertz CT molecular complexity index is 1310. The van der Waals surface area contributed by atoms with Crippen molar-refractivity contribution < 1.29 is 9.47 Å². The zero-order valence-electron chi connectivity index (χ0n) is 15.2. The Hall–Kier alpha value is -3.99. The summed E-state index contributed by atoms with van der Waals surface area (Å²) in [6.45, 7) is 0. The molecule has 140 valence electrons. The normalized spacial score (nSPS) is 15.4. The molecule has 1 aromatic heterocycles. The number of ether oxygens (including phenoxy) is 2. The van der Waals surface area contributed by atoms with Crippen LogP contribution in [0.25, 0.3) is 16.6 Å². The maximum Gasteiger partial charge on any atom is 0.279 e. The summed E-state index contributed by atoms with van der Waals surface area (Å²) in [4.78, 5) is 26.2. The minimum absolute atomic E-state index is 0.0601. The zero-order valence-corrected chi connectivity index (χ0v) is 15.2. The Balaban J connectivity index is 2.09. The summed E-state index contributed by atoms with van der Waals surface area (Å²) in [5.41, 5.74) is 5.93. The van der Waals surface area contributed by atoms with Crippen molar-refractivity contribution in [3.63, 3.8) is 0 Å². The highest BCUT2D eigenvalue weighted by Gasteiger charge is 2.35. The fraction of sp³-hybridized carbons (Fsp3) is 0.150. The van der Waals surface area contributed by atoms with Crippen LogP contribution in [0.1, 0.15) is 11.6 Å². The molecule has 1 aliphatic heterocycles. The number of nitriles is 1. The predicted molar refractivity (Wildman–Crippen MR) is 103 cm³/mol. The van der Waals surface area contributed by atoms with Crippen LogP contribution in [-0.4, -0.2) is 23.6 Å². The van der Waals surface area contributed by atoms with Gasteiger partial charge in [-0.25, -0.2) is 4.68 Å². The van der Waals surface area contributed by atoms with E-state index in [0.717, 1.165) is 4.68 Å². The Morgan fingerprint density at radius 2 is 1.64 bits per heavy atom. The van der Waals surface area contributed by atoms with Gasteiger partial charge in [-0.2, -0.15) is 9.94 Å². The number of benzene rings is 2. The molecule has 2 heterocycles. The second-order valence-electron chi connectivity index (χ2n) is 6.24. The Labute approximate surface area is 159 Å². The van der Waals surface area contributed by atoms with E-state index in [9.17, 15) is 14.9 Å². The monoisotopic (exact) mass is 376 g/mol. The van der Waals surface area contributed by atoms with Crippen LogP contribution >= 0.6 is 0 Å². The SMILES string of the molecule is COc1ccc(C2C(C#N)=C(N)n3c(=O)c4ccccc4c(=O)n32)cc1OC. The Kier molecular flexibility index (Phi) is 3.93. The number of hydrogen-bond acceptors (Lipinski definition) is 6. The number of aromatic nitrogens is 2. The molecule has 0 bridgehead atoms. The first-order chi connectivity index (χ1) is 13.5. The molecule has 0 saturated heterocycles. The summed E-state index contributed by atoms with van der Waals surface area (Å²) < 4.78 is 12.9. The van der Waals surface area contributed by atoms with Crippen LogP contribution in [0.2, 0.25) is 0 Å². The van der Waals surface area contributed by atoms with E-state index < -0.39 is 17.2 Å². The fourth-order valence-corrected chi connectivity index (χ4v) is 3.57. The second kappa shape index (κ2) is 6.32. The lowest BCUT2D eigenvalue weighted by Gasteiger charge is -2.18. The van der Waals surface area contributed by atoms with Crippen LogP contribution in [0.15, 0.2) is 57.6 Å². The number of hydrogen-bond donors (Lipinski definition) is 1. The maximum atomic E-state index is 13.2. The van der Waals surface area contributed by atoms with Gasteiger partial charge in [-0.1, -0.05) is 18.2 Å². The molecule has 0 amide bonds. The molecule has 1 atom stereocenters. The third kappa shape index (κ3) is 2.23. The van der Waals surface area contributed by atoms with Gasteiger partial charge in [-0.05, 0) is 29.8 Å². The molecule has 0 saturated carbocycles. The summed E-state index contributed by atoms with van der Waals surface area (Å²) in [7, 11) is 3.00. The van der Waals surface area contributed by atoms with Crippen LogP contribution in [0.4, 0.5) is 0 Å². The van der Waals surface area contributed by atoms with Crippen LogP contribution in [-0.2, 0) is 0 Å². The van der Waals surface area contributed by atoms with Crippen molar-refractivity contribution >= 4 is 16.6 Å². The highest BCUT2D eigenvalue weighted by Crippen LogP contribution is 2.37. The largest absolute Gasteiger partial charge is 0.493 e. The minimum atomic E-state index is -0.852. The lowest BCUT2D eigenvalue weighted by Crippen LogP contribution is -2.38. The molecule has 1 aliphatic rings. The Morgan fingerprint density at radius 3 is 2.25 bits per heavy atom. The van der Waals surface area contributed by atoms with E-state index in [4.69, 9.17) is 15.2 Å². The van der Waals surface area contributed by atoms with Crippen LogP contribution in [0.5, 0.6) is 11.5 Å². The number of fused-ring (bicyclic) bond motifs is 2. The van der Waals surface area contributed by atoms with Gasteiger partial charge >= 0.3 is 0 Å². The third-order valence-electron chi connectivity index (χ3n) is 4.87. The average molecular weight is 376 g/mol. The van der Waals surface area contributed by atoms with Gasteiger partial charge in [-0.15, -0.1) is 0 Å². The van der Waals surface area contributed by atoms with Crippen molar-refractivity contribution in [2.45, 2.75) is 6.04 Å². The van der Waals surface area contributed by atoms with Crippen molar-refractivity contribution in [3.05, 3.63) is 74.3 Å². The van der Waals surface area contributed by atoms with Crippen molar-refractivity contribution in [1.29, 1.82) is 5.26 Å². The molecule has 8 nitrogen and oxygen atoms in total. The molecular formula is C20H16N4O4. The summed E-state index contributed by atoms with van der Waals surface area (Å²) in [5.74, 6) is 0.878. The molecule has 2 aromatic carbocycles. The molecule has 3 aromatic rings. The highest BCUT2D eigenvalue weighted by atomic mass is 16.5. The topological polar surface area (TPSA) is 112 Å². The van der Waals surface area contributed by atoms with Gasteiger partial charge in [0.15, 0.2) is 11.5 Å². The average Bonchev–Trinajstić information content (AvgIpc) is 3.04. The number of nitrogens with two attached hydrogens (primary N) is 1. The third-order valence-corrected chi connectivity index (χ3v) is 4.87. The highest BCUT2D eigenvalue weighted by molar-refractivity contribution is 5.82. The first-order valence-electron chi connectivity index (χ1n) is 8.42. The van der Waals surface area contributed by atoms with Crippen molar-refractivity contribution in [2.24, 2.45) is 5.73 Å². The second-order valence-corrected chi connectivity index (χ2v) is 6.24. The van der Waals surface area contributed by atoms with Gasteiger partial charge in [0.2, 0.25) is 0 Å². The van der Waals surface area contributed by atoms with E-state index in [1.165, 1.54) is 18.9 Å². The van der Waals surface area contributed by atoms with E-state index >= 15 is 0 Å². The van der Waals surface area contributed by atoms with Crippen molar-refractivity contribution in [3.8, 4) is 17.6 Å². The molecular weight excluding hydrogens is 360 g/mol. The molecule has 0 spiro atoms. The number of methoxy groups -OCH3 is 2. The lowest BCUT2D eigenvalue weighted by molar-refractivity contribution is 0.354. The van der Waals surface area contributed by atoms with Crippen LogP contribution < -0.4 is 26.3 Å². The molecule has 2 N–H and O–H groups in total. The minimum Gasteiger partial charge on any atom is -0.493 e. The van der Waals surface area contributed by atoms with Crippen LogP contribution in [0.3, 0.4) is 0 Å². The van der Waals surface area contributed by atoms with E-state index in [-0.39, 0.29) is 22.2 Å². The first kappa shape index (κ1) is 17.4. The Morgan fingerprint density at radius 1 is 1.00 bits per heavy atom. The standard InChI is InChI=1S/C20H16N4O4/c1-27-15-8-7-11(9-16(15)28-2)17-14(10-21)18(22)24-20(26)13-6-4-3-5-12(13)19(25)23(17)24/h3-9,17H,22H2,1-2H3. The van der Waals surface area contributed by atoms with E-state index in [0.29, 0.717) is 17.1 Å². The van der Waals surface area contributed by atoms with Gasteiger partial charge in [0.05, 0.1) is 25.0 Å². The summed E-state index contributed by atoms with van der Waals surface area (Å²) in [5, 5.41) is 10.2. The molecule has 0 fully saturated rings. The van der Waals surface area contributed by atoms with Gasteiger partial charge in [0.1, 0.15) is 23.5 Å². The summed E-state index contributed by atoms with van der Waals surface area (Å²) in [6.07, 6.45) is 0. The van der Waals surface area contributed by atoms with Gasteiger partial charge in [-0.3, -0.25) is 9.59 Å². The van der Waals surface area contributed by atoms with E-state index in [1.807, 2.05) is 6.07 Å². The molecule has 0 radical (unpaired) electrons. The molecule has 4 rings (SSSR count). The predicted octanol–water partition coefficient (Wildman–Crippen LogP) is 1.43. The van der Waals surface area contributed by atoms with Gasteiger partial charge in [0, 0.05) is 0 Å². The summed E-state index contributed by atoms with van der Waals surface area (Å²) >= 11 is 0. The van der Waals surface area contributed by atoms with Crippen LogP contribution in [0, 0.1) is 11.3 Å². The number of nitrogens with zero attached hydrogens (tertiary/aromatic N) is 3. The van der Waals surface area contributed by atoms with Crippen molar-refractivity contribution in [1.82, 2.24) is 9.36 Å². The molecule has 0 aliphatic carbocycles.